The van der Waals surface area contributed by atoms with Crippen molar-refractivity contribution in [1.29, 1.82) is 0 Å². The van der Waals surface area contributed by atoms with Crippen molar-refractivity contribution >= 4 is 23.2 Å². The van der Waals surface area contributed by atoms with Crippen LogP contribution in [0.5, 0.6) is 11.5 Å². The van der Waals surface area contributed by atoms with Gasteiger partial charge in [-0.15, -0.1) is 10.2 Å². The fourth-order valence-corrected chi connectivity index (χ4v) is 2.79. The van der Waals surface area contributed by atoms with Gasteiger partial charge in [0.25, 0.3) is 5.91 Å². The van der Waals surface area contributed by atoms with Crippen molar-refractivity contribution in [2.45, 2.75) is 13.5 Å². The standard InChI is InChI=1S/C21H24N6O3/c1-13-6-5-9-23-20(13)25-16-11-18(26-27-19(16)21(28)22-2)24-12-14-7-8-15(29-3)10-17(14)30-4/h5-11H,12H2,1-4H3,(H,22,28)(H2,23,24,25,26). The topological polar surface area (TPSA) is 110 Å². The summed E-state index contributed by atoms with van der Waals surface area (Å²) >= 11 is 0. The number of aryl methyl sites for hydroxylation is 1. The lowest BCUT2D eigenvalue weighted by atomic mass is 10.2. The molecule has 2 aromatic heterocycles. The Morgan fingerprint density at radius 3 is 2.63 bits per heavy atom. The number of methoxy groups -OCH3 is 2. The highest BCUT2D eigenvalue weighted by molar-refractivity contribution is 5.98. The van der Waals surface area contributed by atoms with Gasteiger partial charge in [-0.25, -0.2) is 4.98 Å². The molecule has 3 N–H and O–H groups in total. The van der Waals surface area contributed by atoms with Crippen LogP contribution in [0.4, 0.5) is 17.3 Å². The first-order chi connectivity index (χ1) is 14.5. The molecule has 9 nitrogen and oxygen atoms in total. The Labute approximate surface area is 174 Å². The summed E-state index contributed by atoms with van der Waals surface area (Å²) in [5, 5.41) is 17.2. The molecule has 0 saturated carbocycles. The Balaban J connectivity index is 1.86. The van der Waals surface area contributed by atoms with Crippen molar-refractivity contribution in [3.8, 4) is 11.5 Å². The second-order valence-corrected chi connectivity index (χ2v) is 6.40. The number of rotatable bonds is 8. The van der Waals surface area contributed by atoms with E-state index in [4.69, 9.17) is 9.47 Å². The van der Waals surface area contributed by atoms with Crippen molar-refractivity contribution in [2.75, 3.05) is 31.9 Å². The Hall–Kier alpha value is -3.88. The first kappa shape index (κ1) is 20.8. The molecular formula is C21H24N6O3. The van der Waals surface area contributed by atoms with E-state index in [-0.39, 0.29) is 11.6 Å². The SMILES string of the molecule is CNC(=O)c1nnc(NCc2ccc(OC)cc2OC)cc1Nc1ncccc1C. The summed E-state index contributed by atoms with van der Waals surface area (Å²) < 4.78 is 10.7. The number of carbonyl (C=O) groups is 1. The maximum atomic E-state index is 12.2. The average Bonchev–Trinajstić information content (AvgIpc) is 2.78. The zero-order valence-corrected chi connectivity index (χ0v) is 17.3. The zero-order chi connectivity index (χ0) is 21.5. The summed E-state index contributed by atoms with van der Waals surface area (Å²) in [6.45, 7) is 2.38. The highest BCUT2D eigenvalue weighted by atomic mass is 16.5. The molecule has 0 saturated heterocycles. The van der Waals surface area contributed by atoms with Gasteiger partial charge in [-0.2, -0.15) is 0 Å². The molecule has 2 heterocycles. The van der Waals surface area contributed by atoms with E-state index in [1.165, 1.54) is 0 Å². The van der Waals surface area contributed by atoms with Crippen LogP contribution in [0.25, 0.3) is 0 Å². The quantitative estimate of drug-likeness (QED) is 0.522. The van der Waals surface area contributed by atoms with E-state index in [2.05, 4.69) is 31.1 Å². The van der Waals surface area contributed by atoms with E-state index in [1.54, 1.807) is 33.5 Å². The number of nitrogens with zero attached hydrogens (tertiary/aromatic N) is 3. The molecule has 0 aliphatic rings. The molecule has 3 aromatic rings. The minimum absolute atomic E-state index is 0.176. The van der Waals surface area contributed by atoms with E-state index in [0.717, 1.165) is 11.1 Å². The molecule has 0 unspecified atom stereocenters. The van der Waals surface area contributed by atoms with Crippen LogP contribution in [0.3, 0.4) is 0 Å². The number of hydrogen-bond acceptors (Lipinski definition) is 8. The molecule has 0 aliphatic carbocycles. The number of carbonyl (C=O) groups excluding carboxylic acids is 1. The van der Waals surface area contributed by atoms with Crippen molar-refractivity contribution in [2.24, 2.45) is 0 Å². The predicted octanol–water partition coefficient (Wildman–Crippen LogP) is 2.91. The van der Waals surface area contributed by atoms with Gasteiger partial charge in [-0.3, -0.25) is 4.79 Å². The van der Waals surface area contributed by atoms with Gasteiger partial charge in [-0.05, 0) is 30.7 Å². The molecule has 0 fully saturated rings. The van der Waals surface area contributed by atoms with Crippen LogP contribution >= 0.6 is 0 Å². The van der Waals surface area contributed by atoms with Crippen LogP contribution in [-0.2, 0) is 6.54 Å². The van der Waals surface area contributed by atoms with E-state index >= 15 is 0 Å². The summed E-state index contributed by atoms with van der Waals surface area (Å²) in [5.74, 6) is 2.19. The molecule has 9 heteroatoms. The Bertz CT molecular complexity index is 1040. The number of pyridine rings is 1. The highest BCUT2D eigenvalue weighted by Crippen LogP contribution is 2.26. The van der Waals surface area contributed by atoms with Gasteiger partial charge in [0.1, 0.15) is 17.3 Å². The van der Waals surface area contributed by atoms with Crippen LogP contribution in [0, 0.1) is 6.92 Å². The molecule has 0 bridgehead atoms. The van der Waals surface area contributed by atoms with Crippen LogP contribution < -0.4 is 25.4 Å². The number of ether oxygens (including phenoxy) is 2. The van der Waals surface area contributed by atoms with Crippen molar-refractivity contribution < 1.29 is 14.3 Å². The molecule has 0 atom stereocenters. The van der Waals surface area contributed by atoms with Gasteiger partial charge >= 0.3 is 0 Å². The normalized spacial score (nSPS) is 10.3. The Morgan fingerprint density at radius 1 is 1.10 bits per heavy atom. The molecule has 156 valence electrons. The first-order valence-electron chi connectivity index (χ1n) is 9.29. The van der Waals surface area contributed by atoms with Crippen LogP contribution in [0.1, 0.15) is 21.6 Å². The van der Waals surface area contributed by atoms with Crippen LogP contribution in [-0.4, -0.2) is 42.4 Å². The number of nitrogens with one attached hydrogen (secondary N) is 3. The molecule has 0 radical (unpaired) electrons. The van der Waals surface area contributed by atoms with Crippen molar-refractivity contribution in [3.05, 3.63) is 59.4 Å². The number of aromatic nitrogens is 3. The van der Waals surface area contributed by atoms with E-state index in [0.29, 0.717) is 35.4 Å². The largest absolute Gasteiger partial charge is 0.497 e. The lowest BCUT2D eigenvalue weighted by molar-refractivity contribution is 0.0958. The van der Waals surface area contributed by atoms with Crippen LogP contribution in [0.15, 0.2) is 42.6 Å². The number of benzene rings is 1. The fraction of sp³-hybridized carbons (Fsp3) is 0.238. The molecule has 1 amide bonds. The summed E-state index contributed by atoms with van der Waals surface area (Å²) in [6.07, 6.45) is 1.68. The third-order valence-electron chi connectivity index (χ3n) is 4.45. The zero-order valence-electron chi connectivity index (χ0n) is 17.3. The Morgan fingerprint density at radius 2 is 1.93 bits per heavy atom. The minimum Gasteiger partial charge on any atom is -0.497 e. The highest BCUT2D eigenvalue weighted by Gasteiger charge is 2.16. The Kier molecular flexibility index (Phi) is 6.63. The van der Waals surface area contributed by atoms with Crippen molar-refractivity contribution in [3.63, 3.8) is 0 Å². The van der Waals surface area contributed by atoms with Crippen molar-refractivity contribution in [1.82, 2.24) is 20.5 Å². The second-order valence-electron chi connectivity index (χ2n) is 6.40. The maximum Gasteiger partial charge on any atom is 0.273 e. The lowest BCUT2D eigenvalue weighted by Crippen LogP contribution is -2.22. The molecule has 3 rings (SSSR count). The average molecular weight is 408 g/mol. The smallest absolute Gasteiger partial charge is 0.273 e. The molecule has 0 aliphatic heterocycles. The lowest BCUT2D eigenvalue weighted by Gasteiger charge is -2.14. The number of anilines is 3. The fourth-order valence-electron chi connectivity index (χ4n) is 2.79. The molecule has 0 spiro atoms. The second kappa shape index (κ2) is 9.55. The van der Waals surface area contributed by atoms with E-state index < -0.39 is 0 Å². The third-order valence-corrected chi connectivity index (χ3v) is 4.45. The molecule has 30 heavy (non-hydrogen) atoms. The predicted molar refractivity (Wildman–Crippen MR) is 115 cm³/mol. The van der Waals surface area contributed by atoms with Gasteiger partial charge in [0.05, 0.1) is 19.9 Å². The van der Waals surface area contributed by atoms with E-state index in [9.17, 15) is 4.79 Å². The van der Waals surface area contributed by atoms with Gasteiger partial charge in [-0.1, -0.05) is 6.07 Å². The molecular weight excluding hydrogens is 384 g/mol. The third kappa shape index (κ3) is 4.75. The van der Waals surface area contributed by atoms with E-state index in [1.807, 2.05) is 37.3 Å². The van der Waals surface area contributed by atoms with Gasteiger partial charge in [0, 0.05) is 37.5 Å². The summed E-state index contributed by atoms with van der Waals surface area (Å²) in [6, 6.07) is 11.1. The summed E-state index contributed by atoms with van der Waals surface area (Å²) in [5.41, 5.74) is 2.53. The molecule has 1 aromatic carbocycles. The van der Waals surface area contributed by atoms with Gasteiger partial charge in [0.15, 0.2) is 11.5 Å². The monoisotopic (exact) mass is 408 g/mol. The van der Waals surface area contributed by atoms with Gasteiger partial charge in [0.2, 0.25) is 0 Å². The summed E-state index contributed by atoms with van der Waals surface area (Å²) in [4.78, 5) is 16.5. The maximum absolute atomic E-state index is 12.2. The summed E-state index contributed by atoms with van der Waals surface area (Å²) in [7, 11) is 4.75. The van der Waals surface area contributed by atoms with Gasteiger partial charge < -0.3 is 25.4 Å². The van der Waals surface area contributed by atoms with Crippen LogP contribution in [0.2, 0.25) is 0 Å². The number of hydrogen-bond donors (Lipinski definition) is 3. The minimum atomic E-state index is -0.345. The number of amides is 1. The first-order valence-corrected chi connectivity index (χ1v) is 9.29.